The molecule has 1 aliphatic carbocycles. The van der Waals surface area contributed by atoms with Gasteiger partial charge in [0.1, 0.15) is 98.7 Å². The number of hydrogen-bond acceptors (Lipinski definition) is 23. The van der Waals surface area contributed by atoms with Crippen molar-refractivity contribution in [3.05, 3.63) is 0 Å². The van der Waals surface area contributed by atoms with E-state index in [0.717, 1.165) is 89.9 Å². The number of carbonyl (C=O) groups excluding carboxylic acids is 3. The molecule has 0 bridgehead atoms. The third-order valence-electron chi connectivity index (χ3n) is 20.4. The Labute approximate surface area is 612 Å². The van der Waals surface area contributed by atoms with Gasteiger partial charge in [-0.2, -0.15) is 0 Å². The fourth-order valence-corrected chi connectivity index (χ4v) is 14.7. The minimum atomic E-state index is -5.69. The summed E-state index contributed by atoms with van der Waals surface area (Å²) in [6.07, 6.45) is 18.5. The molecule has 0 aromatic carbocycles. The van der Waals surface area contributed by atoms with E-state index in [9.17, 15) is 74.9 Å². The zero-order chi connectivity index (χ0) is 74.6. The highest BCUT2D eigenvalue weighted by Gasteiger charge is 2.58. The van der Waals surface area contributed by atoms with E-state index in [1.165, 1.54) is 193 Å². The first kappa shape index (κ1) is 94.2. The number of aliphatic hydroxyl groups is 10. The van der Waals surface area contributed by atoms with Crippen molar-refractivity contribution in [3.8, 4) is 0 Å². The monoisotopic (exact) mass is 1480 g/mol. The highest BCUT2D eigenvalue weighted by Crippen LogP contribution is 2.49. The van der Waals surface area contributed by atoms with Crippen molar-refractivity contribution in [1.82, 2.24) is 0 Å². The highest BCUT2D eigenvalue weighted by molar-refractivity contribution is 7.47. The van der Waals surface area contributed by atoms with E-state index in [2.05, 4.69) is 20.8 Å². The van der Waals surface area contributed by atoms with Gasteiger partial charge in [0.15, 0.2) is 18.7 Å². The van der Waals surface area contributed by atoms with Gasteiger partial charge in [-0.25, -0.2) is 4.57 Å². The predicted molar refractivity (Wildman–Crippen MR) is 389 cm³/mol. The third-order valence-corrected chi connectivity index (χ3v) is 21.4. The molecule has 3 fully saturated rings. The summed E-state index contributed by atoms with van der Waals surface area (Å²) in [4.78, 5) is 51.2. The van der Waals surface area contributed by atoms with Gasteiger partial charge in [0, 0.05) is 19.3 Å². The number of rotatable bonds is 65. The molecule has 18 unspecified atom stereocenters. The molecule has 0 radical (unpaired) electrons. The first-order valence-corrected chi connectivity index (χ1v) is 42.3. The second-order valence-corrected chi connectivity index (χ2v) is 30.9. The molecule has 2 saturated heterocycles. The largest absolute Gasteiger partial charge is 0.472 e. The predicted octanol–water partition coefficient (Wildman–Crippen LogP) is 12.5. The molecule has 0 aromatic rings. The van der Waals surface area contributed by atoms with E-state index in [4.69, 9.17) is 42.2 Å². The summed E-state index contributed by atoms with van der Waals surface area (Å²) in [6.45, 7) is 3.51. The smallest absolute Gasteiger partial charge is 0.463 e. The van der Waals surface area contributed by atoms with Gasteiger partial charge in [0.25, 0.3) is 0 Å². The van der Waals surface area contributed by atoms with Gasteiger partial charge in [0.2, 0.25) is 0 Å². The molecular weight excluding hydrogens is 1340 g/mol. The summed E-state index contributed by atoms with van der Waals surface area (Å²) >= 11 is 0. The Morgan fingerprint density at radius 2 is 0.627 bits per heavy atom. The van der Waals surface area contributed by atoms with E-state index in [-0.39, 0.29) is 19.3 Å². The van der Waals surface area contributed by atoms with Crippen molar-refractivity contribution < 1.29 is 117 Å². The van der Waals surface area contributed by atoms with Gasteiger partial charge in [-0.05, 0) is 19.3 Å². The molecule has 102 heavy (non-hydrogen) atoms. The van der Waals surface area contributed by atoms with Crippen LogP contribution in [0.3, 0.4) is 0 Å². The van der Waals surface area contributed by atoms with Crippen LogP contribution in [0.15, 0.2) is 0 Å². The topological polar surface area (TPSA) is 374 Å². The zero-order valence-corrected chi connectivity index (χ0v) is 64.1. The Morgan fingerprint density at radius 3 is 0.961 bits per heavy atom. The summed E-state index contributed by atoms with van der Waals surface area (Å²) in [5, 5.41) is 110. The van der Waals surface area contributed by atoms with E-state index in [1.807, 2.05) is 0 Å². The lowest BCUT2D eigenvalue weighted by Gasteiger charge is -2.49. The molecule has 0 aromatic heterocycles. The standard InChI is InChI=1S/C77H145O24P/c1-4-7-10-13-16-19-22-25-28-29-32-34-36-39-42-45-48-51-61(79)93-55-58(96-63(81)53-50-47-44-41-38-35-31-27-24-21-18-15-12-9-6-3)56-95-102(91,92)101-75-73(99-76-71(89)66(84)64(82)59(54-78)97-76)69(87)68(86)70(88)74(75)100-77-72(90)67(85)65(83)60(98-77)57-94-62(80)52-49-46-43-40-37-33-30-26-23-20-17-14-11-8-5-2/h58-60,64-78,82-90H,4-57H2,1-3H3,(H,91,92). The van der Waals surface area contributed by atoms with Crippen LogP contribution in [0, 0.1) is 0 Å². The van der Waals surface area contributed by atoms with Crippen molar-refractivity contribution in [2.75, 3.05) is 26.4 Å². The van der Waals surface area contributed by atoms with Crippen molar-refractivity contribution >= 4 is 25.7 Å². The minimum absolute atomic E-state index is 0.0327. The van der Waals surface area contributed by atoms with Crippen LogP contribution in [0.1, 0.15) is 342 Å². The third kappa shape index (κ3) is 41.0. The lowest BCUT2D eigenvalue weighted by Crippen LogP contribution is -2.69. The number of hydrogen-bond donors (Lipinski definition) is 11. The summed E-state index contributed by atoms with van der Waals surface area (Å²) in [5.41, 5.74) is 0. The van der Waals surface area contributed by atoms with Gasteiger partial charge in [-0.1, -0.05) is 303 Å². The van der Waals surface area contributed by atoms with Crippen LogP contribution < -0.4 is 0 Å². The maximum atomic E-state index is 14.4. The summed E-state index contributed by atoms with van der Waals surface area (Å²) < 4.78 is 65.2. The van der Waals surface area contributed by atoms with Crippen LogP contribution >= 0.6 is 7.82 Å². The molecule has 2 heterocycles. The molecule has 0 spiro atoms. The van der Waals surface area contributed by atoms with E-state index < -0.39 is 156 Å². The number of ether oxygens (including phenoxy) is 7. The Bertz CT molecular complexity index is 2100. The average Bonchev–Trinajstić information content (AvgIpc) is 0.761. The lowest BCUT2D eigenvalue weighted by molar-refractivity contribution is -0.360. The van der Waals surface area contributed by atoms with Crippen molar-refractivity contribution in [1.29, 1.82) is 0 Å². The molecule has 24 nitrogen and oxygen atoms in total. The molecule has 0 amide bonds. The fourth-order valence-electron chi connectivity index (χ4n) is 13.8. The van der Waals surface area contributed by atoms with E-state index in [0.29, 0.717) is 19.3 Å². The number of phosphoric acid groups is 1. The number of unbranched alkanes of at least 4 members (excludes halogenated alkanes) is 44. The van der Waals surface area contributed by atoms with Gasteiger partial charge >= 0.3 is 25.7 Å². The molecule has 18 atom stereocenters. The normalized spacial score (nSPS) is 27.0. The Morgan fingerprint density at radius 1 is 0.343 bits per heavy atom. The zero-order valence-electron chi connectivity index (χ0n) is 63.2. The van der Waals surface area contributed by atoms with Crippen molar-refractivity contribution in [3.63, 3.8) is 0 Å². The Hall–Kier alpha value is -2.04. The molecule has 11 N–H and O–H groups in total. The van der Waals surface area contributed by atoms with Gasteiger partial charge in [-0.3, -0.25) is 23.4 Å². The van der Waals surface area contributed by atoms with Gasteiger partial charge in [0.05, 0.1) is 13.2 Å². The molecule has 2 aliphatic heterocycles. The number of esters is 3. The van der Waals surface area contributed by atoms with Crippen LogP contribution in [0.25, 0.3) is 0 Å². The van der Waals surface area contributed by atoms with Crippen LogP contribution in [0.4, 0.5) is 0 Å². The van der Waals surface area contributed by atoms with Crippen LogP contribution in [-0.4, -0.2) is 204 Å². The second-order valence-electron chi connectivity index (χ2n) is 29.5. The number of carbonyl (C=O) groups is 3. The SMILES string of the molecule is CCCCCCCCCCCCCCCCCCCC(=O)OCC(COP(=O)(O)OC1C(OC2OC(CO)C(O)C(O)C2O)C(O)C(O)C(O)C1OC1OC(COC(=O)CCCCCCCCCCCCCCCCC)C(O)C(O)C1O)OC(=O)CCCCCCCCCCCCCCCCC. The van der Waals surface area contributed by atoms with Crippen molar-refractivity contribution in [2.24, 2.45) is 0 Å². The summed E-state index contributed by atoms with van der Waals surface area (Å²) in [6, 6.07) is 0. The minimum Gasteiger partial charge on any atom is -0.463 e. The maximum Gasteiger partial charge on any atom is 0.472 e. The molecule has 3 aliphatic rings. The number of aliphatic hydroxyl groups excluding tert-OH is 10. The molecule has 3 rings (SSSR count). The quantitative estimate of drug-likeness (QED) is 0.0117. The first-order valence-electron chi connectivity index (χ1n) is 40.8. The lowest BCUT2D eigenvalue weighted by atomic mass is 9.84. The number of phosphoric ester groups is 1. The fraction of sp³-hybridized carbons (Fsp3) is 0.961. The van der Waals surface area contributed by atoms with Crippen LogP contribution in [0.2, 0.25) is 0 Å². The van der Waals surface area contributed by atoms with Crippen LogP contribution in [0.5, 0.6) is 0 Å². The van der Waals surface area contributed by atoms with Crippen molar-refractivity contribution in [2.45, 2.75) is 446 Å². The molecule has 25 heteroatoms. The average molecular weight is 1490 g/mol. The van der Waals surface area contributed by atoms with E-state index in [1.54, 1.807) is 0 Å². The highest BCUT2D eigenvalue weighted by atomic mass is 31.2. The van der Waals surface area contributed by atoms with Crippen LogP contribution in [-0.2, 0) is 61.2 Å². The van der Waals surface area contributed by atoms with Gasteiger partial charge < -0.3 is 89.1 Å². The summed E-state index contributed by atoms with van der Waals surface area (Å²) in [7, 11) is -5.69. The summed E-state index contributed by atoms with van der Waals surface area (Å²) in [5.74, 6) is -1.97. The first-order chi connectivity index (χ1) is 49.3. The molecular formula is C77H145O24P. The Kier molecular flexibility index (Phi) is 54.4. The molecule has 602 valence electrons. The van der Waals surface area contributed by atoms with Gasteiger partial charge in [-0.15, -0.1) is 0 Å². The second kappa shape index (κ2) is 58.9. The molecule has 1 saturated carbocycles. The maximum absolute atomic E-state index is 14.4. The van der Waals surface area contributed by atoms with E-state index >= 15 is 0 Å². The Balaban J connectivity index is 1.70.